The van der Waals surface area contributed by atoms with Gasteiger partial charge < -0.3 is 9.73 Å². The summed E-state index contributed by atoms with van der Waals surface area (Å²) in [5.41, 5.74) is 3.17. The van der Waals surface area contributed by atoms with E-state index in [1.54, 1.807) is 67.6 Å². The molecule has 1 aromatic heterocycles. The summed E-state index contributed by atoms with van der Waals surface area (Å²) in [6.45, 7) is 3.84. The van der Waals surface area contributed by atoms with E-state index in [2.05, 4.69) is 10.3 Å². The molecule has 34 heavy (non-hydrogen) atoms. The molecule has 4 rings (SSSR count). The van der Waals surface area contributed by atoms with Crippen LogP contribution in [0.25, 0.3) is 11.5 Å². The third-order valence-corrected chi connectivity index (χ3v) is 7.00. The van der Waals surface area contributed by atoms with Crippen LogP contribution in [0.5, 0.6) is 0 Å². The lowest BCUT2D eigenvalue weighted by molar-refractivity contribution is 0.0951. The van der Waals surface area contributed by atoms with Crippen molar-refractivity contribution in [3.05, 3.63) is 107 Å². The molecule has 1 heterocycles. The van der Waals surface area contributed by atoms with Gasteiger partial charge in [0.05, 0.1) is 10.6 Å². The first-order chi connectivity index (χ1) is 16.2. The Morgan fingerprint density at radius 3 is 2.24 bits per heavy atom. The number of nitrogens with zero attached hydrogens (tertiary/aromatic N) is 1. The monoisotopic (exact) mass is 478 g/mol. The lowest BCUT2D eigenvalue weighted by Crippen LogP contribution is -2.22. The van der Waals surface area contributed by atoms with E-state index < -0.39 is 9.84 Å². The van der Waals surface area contributed by atoms with Crippen LogP contribution in [0.15, 0.2) is 82.1 Å². The first kappa shape index (κ1) is 23.4. The highest BCUT2D eigenvalue weighted by Gasteiger charge is 2.21. The minimum atomic E-state index is -3.57. The van der Waals surface area contributed by atoms with Gasteiger partial charge in [0, 0.05) is 17.7 Å². The zero-order valence-electron chi connectivity index (χ0n) is 18.7. The Morgan fingerprint density at radius 1 is 0.941 bits per heavy atom. The van der Waals surface area contributed by atoms with Crippen molar-refractivity contribution in [3.8, 4) is 11.5 Å². The summed E-state index contributed by atoms with van der Waals surface area (Å²) in [7, 11) is -3.57. The van der Waals surface area contributed by atoms with E-state index in [1.165, 1.54) is 12.1 Å². The van der Waals surface area contributed by atoms with Crippen molar-refractivity contribution in [3.63, 3.8) is 0 Å². The summed E-state index contributed by atoms with van der Waals surface area (Å²) < 4.78 is 44.2. The number of aryl methyl sites for hydroxylation is 2. The van der Waals surface area contributed by atoms with Crippen LogP contribution in [0.3, 0.4) is 0 Å². The van der Waals surface area contributed by atoms with E-state index in [0.717, 1.165) is 11.1 Å². The summed E-state index contributed by atoms with van der Waals surface area (Å²) in [4.78, 5) is 17.0. The molecule has 4 aromatic rings. The first-order valence-electron chi connectivity index (χ1n) is 10.6. The summed E-state index contributed by atoms with van der Waals surface area (Å²) in [5, 5.41) is 2.78. The molecule has 174 valence electrons. The highest BCUT2D eigenvalue weighted by molar-refractivity contribution is 7.90. The lowest BCUT2D eigenvalue weighted by Gasteiger charge is -2.06. The fraction of sp³-hybridized carbons (Fsp3) is 0.154. The molecule has 8 heteroatoms. The zero-order chi connectivity index (χ0) is 24.3. The number of carbonyl (C=O) groups excluding carboxylic acids is 1. The van der Waals surface area contributed by atoms with Crippen LogP contribution in [0.2, 0.25) is 0 Å². The average Bonchev–Trinajstić information content (AvgIpc) is 3.18. The van der Waals surface area contributed by atoms with E-state index in [1.807, 2.05) is 6.92 Å². The van der Waals surface area contributed by atoms with Crippen molar-refractivity contribution < 1.29 is 22.0 Å². The van der Waals surface area contributed by atoms with Gasteiger partial charge in [0.1, 0.15) is 17.3 Å². The second-order valence-electron chi connectivity index (χ2n) is 7.98. The minimum Gasteiger partial charge on any atom is -0.441 e. The maximum absolute atomic E-state index is 13.0. The van der Waals surface area contributed by atoms with Gasteiger partial charge in [0.2, 0.25) is 5.89 Å². The molecule has 0 aliphatic rings. The maximum atomic E-state index is 13.0. The van der Waals surface area contributed by atoms with Gasteiger partial charge in [0.15, 0.2) is 9.84 Å². The molecule has 0 saturated heterocycles. The number of amides is 1. The zero-order valence-corrected chi connectivity index (χ0v) is 19.5. The Kier molecular flexibility index (Phi) is 6.61. The molecule has 6 nitrogen and oxygen atoms in total. The Labute approximate surface area is 197 Å². The number of aromatic nitrogens is 1. The van der Waals surface area contributed by atoms with Gasteiger partial charge in [0.25, 0.3) is 5.91 Å². The topological polar surface area (TPSA) is 89.3 Å². The van der Waals surface area contributed by atoms with E-state index in [0.29, 0.717) is 22.6 Å². The molecule has 0 fully saturated rings. The Hall–Kier alpha value is -3.78. The Balaban J connectivity index is 1.44. The van der Waals surface area contributed by atoms with E-state index in [-0.39, 0.29) is 34.8 Å². The van der Waals surface area contributed by atoms with Crippen molar-refractivity contribution in [1.82, 2.24) is 10.3 Å². The van der Waals surface area contributed by atoms with Gasteiger partial charge in [-0.3, -0.25) is 4.79 Å². The number of rotatable bonds is 7. The fourth-order valence-electron chi connectivity index (χ4n) is 3.35. The summed E-state index contributed by atoms with van der Waals surface area (Å²) in [6.07, 6.45) is 0. The number of oxazole rings is 1. The standard InChI is InChI=1S/C26H23FN2O4S/c1-17-3-13-23(14-4-17)34(31,32)16-24-18(2)33-26(29-24)21-9-7-20(8-10-21)25(30)28-15-19-5-11-22(27)12-6-19/h3-14H,15-16H2,1-2H3,(H,28,30). The normalized spacial score (nSPS) is 11.4. The summed E-state index contributed by atoms with van der Waals surface area (Å²) >= 11 is 0. The van der Waals surface area contributed by atoms with Crippen LogP contribution >= 0.6 is 0 Å². The number of halogens is 1. The highest BCUT2D eigenvalue weighted by Crippen LogP contribution is 2.25. The Morgan fingerprint density at radius 2 is 1.59 bits per heavy atom. The number of sulfone groups is 1. The number of nitrogens with one attached hydrogen (secondary N) is 1. The predicted octanol–water partition coefficient (Wildman–Crippen LogP) is 5.00. The largest absolute Gasteiger partial charge is 0.441 e. The molecule has 0 aliphatic heterocycles. The van der Waals surface area contributed by atoms with Crippen molar-refractivity contribution in [2.75, 3.05) is 0 Å². The smallest absolute Gasteiger partial charge is 0.251 e. The molecule has 0 bridgehead atoms. The van der Waals surface area contributed by atoms with Gasteiger partial charge in [-0.15, -0.1) is 0 Å². The maximum Gasteiger partial charge on any atom is 0.251 e. The molecule has 0 unspecified atom stereocenters. The molecule has 1 N–H and O–H groups in total. The van der Waals surface area contributed by atoms with Crippen molar-refractivity contribution in [1.29, 1.82) is 0 Å². The van der Waals surface area contributed by atoms with Crippen LogP contribution in [0.4, 0.5) is 4.39 Å². The third-order valence-electron chi connectivity index (χ3n) is 5.36. The number of carbonyl (C=O) groups is 1. The molecule has 3 aromatic carbocycles. The quantitative estimate of drug-likeness (QED) is 0.404. The van der Waals surface area contributed by atoms with E-state index >= 15 is 0 Å². The van der Waals surface area contributed by atoms with Crippen LogP contribution in [0, 0.1) is 19.7 Å². The molecule has 0 radical (unpaired) electrons. The molecule has 1 amide bonds. The predicted molar refractivity (Wildman–Crippen MR) is 126 cm³/mol. The lowest BCUT2D eigenvalue weighted by atomic mass is 10.1. The molecule has 0 aliphatic carbocycles. The van der Waals surface area contributed by atoms with Crippen molar-refractivity contribution in [2.24, 2.45) is 0 Å². The van der Waals surface area contributed by atoms with Gasteiger partial charge in [-0.05, 0) is 67.9 Å². The van der Waals surface area contributed by atoms with E-state index in [9.17, 15) is 17.6 Å². The molecule has 0 spiro atoms. The van der Waals surface area contributed by atoms with Gasteiger partial charge >= 0.3 is 0 Å². The minimum absolute atomic E-state index is 0.234. The van der Waals surface area contributed by atoms with Crippen LogP contribution in [-0.4, -0.2) is 19.3 Å². The summed E-state index contributed by atoms with van der Waals surface area (Å²) in [5.74, 6) is -0.167. The number of hydrogen-bond donors (Lipinski definition) is 1. The Bertz CT molecular complexity index is 1410. The van der Waals surface area contributed by atoms with Crippen molar-refractivity contribution in [2.45, 2.75) is 31.0 Å². The third kappa shape index (κ3) is 5.40. The number of hydrogen-bond acceptors (Lipinski definition) is 5. The second-order valence-corrected chi connectivity index (χ2v) is 9.97. The van der Waals surface area contributed by atoms with Crippen LogP contribution in [-0.2, 0) is 22.1 Å². The highest BCUT2D eigenvalue weighted by atomic mass is 32.2. The van der Waals surface area contributed by atoms with Crippen LogP contribution < -0.4 is 5.32 Å². The average molecular weight is 479 g/mol. The van der Waals surface area contributed by atoms with Crippen molar-refractivity contribution >= 4 is 15.7 Å². The molecular formula is C26H23FN2O4S. The second kappa shape index (κ2) is 9.61. The number of benzene rings is 3. The SMILES string of the molecule is Cc1ccc(S(=O)(=O)Cc2nc(-c3ccc(C(=O)NCc4ccc(F)cc4)cc3)oc2C)cc1. The van der Waals surface area contributed by atoms with Gasteiger partial charge in [-0.1, -0.05) is 29.8 Å². The first-order valence-corrected chi connectivity index (χ1v) is 12.3. The fourth-order valence-corrected chi connectivity index (χ4v) is 4.69. The van der Waals surface area contributed by atoms with Crippen LogP contribution in [0.1, 0.15) is 32.9 Å². The van der Waals surface area contributed by atoms with Gasteiger partial charge in [-0.25, -0.2) is 17.8 Å². The molecule has 0 atom stereocenters. The molecular weight excluding hydrogens is 455 g/mol. The van der Waals surface area contributed by atoms with Gasteiger partial charge in [-0.2, -0.15) is 0 Å². The molecule has 0 saturated carbocycles. The van der Waals surface area contributed by atoms with E-state index in [4.69, 9.17) is 4.42 Å². The summed E-state index contributed by atoms with van der Waals surface area (Å²) in [6, 6.07) is 19.2.